The van der Waals surface area contributed by atoms with E-state index in [9.17, 15) is 4.39 Å². The first kappa shape index (κ1) is 16.5. The SMILES string of the molecule is COc1ccccc1CC(CBr)Cc1cccc(F)c1Br. The minimum absolute atomic E-state index is 0.210. The summed E-state index contributed by atoms with van der Waals surface area (Å²) < 4.78 is 19.6. The third kappa shape index (κ3) is 4.30. The molecule has 0 fully saturated rings. The second kappa shape index (κ2) is 7.95. The Balaban J connectivity index is 2.15. The molecule has 0 aliphatic heterocycles. The zero-order valence-corrected chi connectivity index (χ0v) is 15.0. The molecule has 0 radical (unpaired) electrons. The Morgan fingerprint density at radius 2 is 1.71 bits per heavy atom. The maximum absolute atomic E-state index is 13.6. The second-order valence-electron chi connectivity index (χ2n) is 4.95. The van der Waals surface area contributed by atoms with Crippen LogP contribution in [-0.4, -0.2) is 12.4 Å². The molecule has 0 amide bonds. The van der Waals surface area contributed by atoms with Gasteiger partial charge in [-0.15, -0.1) is 0 Å². The van der Waals surface area contributed by atoms with Gasteiger partial charge in [-0.25, -0.2) is 4.39 Å². The third-order valence-electron chi connectivity index (χ3n) is 3.46. The van der Waals surface area contributed by atoms with Crippen LogP contribution in [0.5, 0.6) is 5.75 Å². The van der Waals surface area contributed by atoms with E-state index in [4.69, 9.17) is 4.74 Å². The van der Waals surface area contributed by atoms with E-state index in [1.54, 1.807) is 13.2 Å². The highest BCUT2D eigenvalue weighted by molar-refractivity contribution is 9.10. The van der Waals surface area contributed by atoms with Crippen LogP contribution in [0.4, 0.5) is 4.39 Å². The lowest BCUT2D eigenvalue weighted by atomic mass is 9.94. The van der Waals surface area contributed by atoms with E-state index in [1.807, 2.05) is 24.3 Å². The van der Waals surface area contributed by atoms with Crippen molar-refractivity contribution >= 4 is 31.9 Å². The molecule has 0 saturated heterocycles. The molecular formula is C17H17Br2FO. The van der Waals surface area contributed by atoms with Crippen molar-refractivity contribution in [2.24, 2.45) is 5.92 Å². The largest absolute Gasteiger partial charge is 0.496 e. The summed E-state index contributed by atoms with van der Waals surface area (Å²) in [7, 11) is 1.69. The van der Waals surface area contributed by atoms with Crippen molar-refractivity contribution in [3.8, 4) is 5.75 Å². The van der Waals surface area contributed by atoms with E-state index in [0.717, 1.165) is 29.5 Å². The summed E-state index contributed by atoms with van der Waals surface area (Å²) >= 11 is 6.91. The molecule has 2 rings (SSSR count). The monoisotopic (exact) mass is 414 g/mol. The molecular weight excluding hydrogens is 399 g/mol. The average Bonchev–Trinajstić information content (AvgIpc) is 2.51. The van der Waals surface area contributed by atoms with E-state index < -0.39 is 0 Å². The fourth-order valence-corrected chi connectivity index (χ4v) is 3.27. The lowest BCUT2D eigenvalue weighted by Gasteiger charge is -2.17. The van der Waals surface area contributed by atoms with Gasteiger partial charge in [-0.3, -0.25) is 0 Å². The standard InChI is InChI=1S/C17H17Br2FO/c1-21-16-8-3-2-5-13(16)9-12(11-18)10-14-6-4-7-15(20)17(14)19/h2-8,12H,9-11H2,1H3. The predicted molar refractivity (Wildman–Crippen MR) is 91.8 cm³/mol. The molecule has 0 N–H and O–H groups in total. The van der Waals surface area contributed by atoms with Gasteiger partial charge in [0.25, 0.3) is 0 Å². The van der Waals surface area contributed by atoms with Crippen molar-refractivity contribution < 1.29 is 9.13 Å². The summed E-state index contributed by atoms with van der Waals surface area (Å²) in [5.74, 6) is 1.07. The Labute approximate surface area is 141 Å². The summed E-state index contributed by atoms with van der Waals surface area (Å²) in [6.45, 7) is 0. The average molecular weight is 416 g/mol. The fraction of sp³-hybridized carbons (Fsp3) is 0.294. The fourth-order valence-electron chi connectivity index (χ4n) is 2.38. The normalized spacial score (nSPS) is 12.2. The number of hydrogen-bond acceptors (Lipinski definition) is 1. The van der Waals surface area contributed by atoms with Crippen LogP contribution in [0, 0.1) is 11.7 Å². The van der Waals surface area contributed by atoms with Gasteiger partial charge in [-0.2, -0.15) is 0 Å². The smallest absolute Gasteiger partial charge is 0.137 e. The quantitative estimate of drug-likeness (QED) is 0.574. The van der Waals surface area contributed by atoms with E-state index in [-0.39, 0.29) is 5.82 Å². The molecule has 1 nitrogen and oxygen atoms in total. The third-order valence-corrected chi connectivity index (χ3v) is 5.26. The van der Waals surface area contributed by atoms with E-state index in [1.165, 1.54) is 11.6 Å². The zero-order chi connectivity index (χ0) is 15.2. The predicted octanol–water partition coefficient (Wildman–Crippen LogP) is 5.39. The van der Waals surface area contributed by atoms with Crippen LogP contribution in [0.1, 0.15) is 11.1 Å². The number of ether oxygens (including phenoxy) is 1. The Kier molecular flexibility index (Phi) is 6.24. The van der Waals surface area contributed by atoms with Crippen LogP contribution in [0.15, 0.2) is 46.9 Å². The minimum atomic E-state index is -0.210. The molecule has 4 heteroatoms. The molecule has 0 spiro atoms. The van der Waals surface area contributed by atoms with Gasteiger partial charge in [0.2, 0.25) is 0 Å². The summed E-state index contributed by atoms with van der Waals surface area (Å²) in [4.78, 5) is 0. The molecule has 0 saturated carbocycles. The molecule has 21 heavy (non-hydrogen) atoms. The van der Waals surface area contributed by atoms with Gasteiger partial charge in [-0.05, 0) is 57.9 Å². The Hall–Kier alpha value is -0.870. The number of alkyl halides is 1. The Bertz CT molecular complexity index is 601. The maximum Gasteiger partial charge on any atom is 0.137 e. The van der Waals surface area contributed by atoms with E-state index >= 15 is 0 Å². The van der Waals surface area contributed by atoms with Crippen molar-refractivity contribution in [1.82, 2.24) is 0 Å². The Morgan fingerprint density at radius 3 is 2.43 bits per heavy atom. The molecule has 112 valence electrons. The van der Waals surface area contributed by atoms with Crippen LogP contribution in [0.25, 0.3) is 0 Å². The summed E-state index contributed by atoms with van der Waals surface area (Å²) in [6, 6.07) is 13.2. The van der Waals surface area contributed by atoms with E-state index in [0.29, 0.717) is 10.4 Å². The van der Waals surface area contributed by atoms with Gasteiger partial charge in [-0.1, -0.05) is 46.3 Å². The highest BCUT2D eigenvalue weighted by atomic mass is 79.9. The molecule has 1 unspecified atom stereocenters. The molecule has 0 heterocycles. The molecule has 1 atom stereocenters. The van der Waals surface area contributed by atoms with Gasteiger partial charge >= 0.3 is 0 Å². The van der Waals surface area contributed by atoms with Crippen LogP contribution < -0.4 is 4.74 Å². The van der Waals surface area contributed by atoms with Crippen LogP contribution in [0.3, 0.4) is 0 Å². The number of methoxy groups -OCH3 is 1. The number of para-hydroxylation sites is 1. The van der Waals surface area contributed by atoms with Crippen LogP contribution in [0.2, 0.25) is 0 Å². The van der Waals surface area contributed by atoms with Crippen molar-refractivity contribution in [2.75, 3.05) is 12.4 Å². The molecule has 2 aromatic carbocycles. The molecule has 0 aliphatic carbocycles. The van der Waals surface area contributed by atoms with Crippen LogP contribution in [-0.2, 0) is 12.8 Å². The second-order valence-corrected chi connectivity index (χ2v) is 6.39. The topological polar surface area (TPSA) is 9.23 Å². The summed E-state index contributed by atoms with van der Waals surface area (Å²) in [6.07, 6.45) is 1.69. The highest BCUT2D eigenvalue weighted by Crippen LogP contribution is 2.27. The van der Waals surface area contributed by atoms with Crippen LogP contribution >= 0.6 is 31.9 Å². The number of halogens is 3. The molecule has 0 bridgehead atoms. The summed E-state index contributed by atoms with van der Waals surface area (Å²) in [5, 5.41) is 0.855. The number of hydrogen-bond donors (Lipinski definition) is 0. The first-order valence-corrected chi connectivity index (χ1v) is 8.68. The van der Waals surface area contributed by atoms with Gasteiger partial charge in [0.15, 0.2) is 0 Å². The number of benzene rings is 2. The van der Waals surface area contributed by atoms with Crippen molar-refractivity contribution in [2.45, 2.75) is 12.8 Å². The molecule has 2 aromatic rings. The van der Waals surface area contributed by atoms with Gasteiger partial charge in [0.05, 0.1) is 11.6 Å². The molecule has 0 aliphatic rings. The minimum Gasteiger partial charge on any atom is -0.496 e. The van der Waals surface area contributed by atoms with Crippen molar-refractivity contribution in [3.05, 3.63) is 63.9 Å². The van der Waals surface area contributed by atoms with E-state index in [2.05, 4.69) is 37.9 Å². The van der Waals surface area contributed by atoms with Crippen molar-refractivity contribution in [1.29, 1.82) is 0 Å². The lowest BCUT2D eigenvalue weighted by Crippen LogP contribution is -2.11. The zero-order valence-electron chi connectivity index (χ0n) is 11.8. The summed E-state index contributed by atoms with van der Waals surface area (Å²) in [5.41, 5.74) is 2.17. The van der Waals surface area contributed by atoms with Gasteiger partial charge in [0, 0.05) is 5.33 Å². The first-order valence-electron chi connectivity index (χ1n) is 6.76. The van der Waals surface area contributed by atoms with Gasteiger partial charge < -0.3 is 4.74 Å². The Morgan fingerprint density at radius 1 is 1.05 bits per heavy atom. The molecule has 0 aromatic heterocycles. The first-order chi connectivity index (χ1) is 10.2. The maximum atomic E-state index is 13.6. The van der Waals surface area contributed by atoms with Gasteiger partial charge in [0.1, 0.15) is 11.6 Å². The van der Waals surface area contributed by atoms with Crippen molar-refractivity contribution in [3.63, 3.8) is 0 Å². The number of rotatable bonds is 6. The lowest BCUT2D eigenvalue weighted by molar-refractivity contribution is 0.405. The highest BCUT2D eigenvalue weighted by Gasteiger charge is 2.15.